The molecular formula is C30H34N4O2. The Kier molecular flexibility index (Phi) is 7.53. The first kappa shape index (κ1) is 25.2. The van der Waals surface area contributed by atoms with Gasteiger partial charge in [0.1, 0.15) is 5.82 Å². The van der Waals surface area contributed by atoms with E-state index in [1.165, 1.54) is 0 Å². The predicted octanol–water partition coefficient (Wildman–Crippen LogP) is 6.64. The molecule has 6 nitrogen and oxygen atoms in total. The molecule has 0 saturated carbocycles. The van der Waals surface area contributed by atoms with Gasteiger partial charge in [-0.05, 0) is 67.6 Å². The van der Waals surface area contributed by atoms with Gasteiger partial charge in [0.05, 0.1) is 22.6 Å². The fourth-order valence-corrected chi connectivity index (χ4v) is 4.58. The lowest BCUT2D eigenvalue weighted by atomic mass is 10.1. The summed E-state index contributed by atoms with van der Waals surface area (Å²) in [5.74, 6) is 0.786. The smallest absolute Gasteiger partial charge is 0.314 e. The van der Waals surface area contributed by atoms with Gasteiger partial charge in [0.15, 0.2) is 0 Å². The van der Waals surface area contributed by atoms with Gasteiger partial charge in [0.2, 0.25) is 0 Å². The van der Waals surface area contributed by atoms with Gasteiger partial charge in [0, 0.05) is 12.2 Å². The van der Waals surface area contributed by atoms with Crippen LogP contribution in [0.4, 0.5) is 10.5 Å². The van der Waals surface area contributed by atoms with E-state index in [0.717, 1.165) is 22.5 Å². The van der Waals surface area contributed by atoms with Crippen LogP contribution in [0, 0.1) is 19.8 Å². The molecule has 6 heteroatoms. The van der Waals surface area contributed by atoms with E-state index in [2.05, 4.69) is 19.2 Å². The number of benzene rings is 3. The lowest BCUT2D eigenvalue weighted by molar-refractivity contribution is 0.171. The first-order valence-corrected chi connectivity index (χ1v) is 12.5. The molecule has 0 radical (unpaired) electrons. The highest BCUT2D eigenvalue weighted by Gasteiger charge is 2.30. The van der Waals surface area contributed by atoms with Crippen molar-refractivity contribution in [1.82, 2.24) is 14.5 Å². The van der Waals surface area contributed by atoms with Gasteiger partial charge in [-0.1, -0.05) is 63.2 Å². The van der Waals surface area contributed by atoms with Gasteiger partial charge in [-0.2, -0.15) is 0 Å². The van der Waals surface area contributed by atoms with Crippen LogP contribution in [0.25, 0.3) is 16.6 Å². The molecule has 3 aromatic carbocycles. The Morgan fingerprint density at radius 1 is 1.00 bits per heavy atom. The van der Waals surface area contributed by atoms with Gasteiger partial charge >= 0.3 is 6.03 Å². The largest absolute Gasteiger partial charge is 0.322 e. The summed E-state index contributed by atoms with van der Waals surface area (Å²) >= 11 is 0. The van der Waals surface area contributed by atoms with Crippen molar-refractivity contribution < 1.29 is 4.79 Å². The van der Waals surface area contributed by atoms with Crippen LogP contribution < -0.4 is 10.9 Å². The summed E-state index contributed by atoms with van der Waals surface area (Å²) in [4.78, 5) is 34.4. The number of nitrogens with zero attached hydrogens (tertiary/aromatic N) is 3. The maximum Gasteiger partial charge on any atom is 0.322 e. The third-order valence-corrected chi connectivity index (χ3v) is 6.33. The third-order valence-electron chi connectivity index (χ3n) is 6.33. The topological polar surface area (TPSA) is 67.2 Å². The Morgan fingerprint density at radius 2 is 1.72 bits per heavy atom. The number of hydrogen-bond donors (Lipinski definition) is 1. The molecule has 1 heterocycles. The van der Waals surface area contributed by atoms with Crippen LogP contribution in [0.1, 0.15) is 50.2 Å². The first-order chi connectivity index (χ1) is 17.3. The van der Waals surface area contributed by atoms with Crippen LogP contribution in [0.5, 0.6) is 0 Å². The molecule has 0 saturated heterocycles. The molecule has 1 atom stereocenters. The number of nitrogens with one attached hydrogen (secondary N) is 1. The summed E-state index contributed by atoms with van der Waals surface area (Å²) in [5, 5.41) is 3.65. The number of hydrogen-bond acceptors (Lipinski definition) is 3. The summed E-state index contributed by atoms with van der Waals surface area (Å²) < 4.78 is 1.68. The molecule has 0 bridgehead atoms. The summed E-state index contributed by atoms with van der Waals surface area (Å²) in [6.07, 6.45) is 0.602. The van der Waals surface area contributed by atoms with Crippen molar-refractivity contribution in [1.29, 1.82) is 0 Å². The van der Waals surface area contributed by atoms with Crippen molar-refractivity contribution in [3.8, 4) is 5.69 Å². The lowest BCUT2D eigenvalue weighted by Gasteiger charge is -2.33. The Balaban J connectivity index is 1.90. The number of aromatic nitrogens is 2. The SMILES string of the molecule is CCC(c1nc2ccccc2c(=O)n1-c1cccc(C)c1)N(CC(C)C)C(=O)Nc1ccccc1C. The quantitative estimate of drug-likeness (QED) is 0.321. The lowest BCUT2D eigenvalue weighted by Crippen LogP contribution is -2.42. The van der Waals surface area contributed by atoms with Crippen molar-refractivity contribution in [3.05, 3.63) is 100 Å². The zero-order valence-corrected chi connectivity index (χ0v) is 21.7. The van der Waals surface area contributed by atoms with Crippen LogP contribution in [-0.4, -0.2) is 27.0 Å². The van der Waals surface area contributed by atoms with Crippen molar-refractivity contribution in [2.75, 3.05) is 11.9 Å². The van der Waals surface area contributed by atoms with Gasteiger partial charge in [-0.25, -0.2) is 9.78 Å². The summed E-state index contributed by atoms with van der Waals surface area (Å²) in [5.41, 5.74) is 4.04. The molecule has 0 spiro atoms. The maximum atomic E-state index is 13.8. The monoisotopic (exact) mass is 482 g/mol. The van der Waals surface area contributed by atoms with Gasteiger partial charge in [-0.3, -0.25) is 9.36 Å². The molecule has 186 valence electrons. The van der Waals surface area contributed by atoms with E-state index in [1.807, 2.05) is 92.4 Å². The van der Waals surface area contributed by atoms with E-state index in [9.17, 15) is 9.59 Å². The molecule has 1 unspecified atom stereocenters. The second-order valence-electron chi connectivity index (χ2n) is 9.68. The molecule has 36 heavy (non-hydrogen) atoms. The van der Waals surface area contributed by atoms with E-state index in [4.69, 9.17) is 4.98 Å². The van der Waals surface area contributed by atoms with Crippen LogP contribution in [0.3, 0.4) is 0 Å². The van der Waals surface area contributed by atoms with E-state index in [0.29, 0.717) is 29.7 Å². The number of para-hydroxylation sites is 2. The van der Waals surface area contributed by atoms with E-state index in [1.54, 1.807) is 10.6 Å². The molecule has 2 amide bonds. The van der Waals surface area contributed by atoms with Crippen LogP contribution in [0.2, 0.25) is 0 Å². The molecule has 0 fully saturated rings. The second kappa shape index (κ2) is 10.8. The highest BCUT2D eigenvalue weighted by Crippen LogP contribution is 2.28. The van der Waals surface area contributed by atoms with E-state index < -0.39 is 6.04 Å². The highest BCUT2D eigenvalue weighted by molar-refractivity contribution is 5.90. The van der Waals surface area contributed by atoms with E-state index >= 15 is 0 Å². The number of amides is 2. The average molecular weight is 483 g/mol. The Labute approximate surface area is 212 Å². The van der Waals surface area contributed by atoms with E-state index in [-0.39, 0.29) is 17.5 Å². The molecule has 0 aliphatic heterocycles. The first-order valence-electron chi connectivity index (χ1n) is 12.5. The minimum Gasteiger partial charge on any atom is -0.314 e. The van der Waals surface area contributed by atoms with Gasteiger partial charge in [0.25, 0.3) is 5.56 Å². The van der Waals surface area contributed by atoms with Crippen LogP contribution in [0.15, 0.2) is 77.6 Å². The summed E-state index contributed by atoms with van der Waals surface area (Å²) in [6, 6.07) is 22.3. The Morgan fingerprint density at radius 3 is 2.42 bits per heavy atom. The number of carbonyl (C=O) groups is 1. The standard InChI is InChI=1S/C30H34N4O2/c1-6-27(33(19-20(2)3)30(36)32-25-16-9-7-13-22(25)5)28-31-26-17-10-8-15-24(26)29(35)34(28)23-14-11-12-21(4)18-23/h7-18,20,27H,6,19H2,1-5H3,(H,32,36). The summed E-state index contributed by atoms with van der Waals surface area (Å²) in [7, 11) is 0. The number of rotatable bonds is 7. The predicted molar refractivity (Wildman–Crippen MR) is 147 cm³/mol. The minimum atomic E-state index is -0.408. The number of carbonyl (C=O) groups excluding carboxylic acids is 1. The number of anilines is 1. The van der Waals surface area contributed by atoms with Gasteiger partial charge < -0.3 is 10.2 Å². The third kappa shape index (κ3) is 5.18. The summed E-state index contributed by atoms with van der Waals surface area (Å²) in [6.45, 7) is 10.7. The Bertz CT molecular complexity index is 1440. The average Bonchev–Trinajstić information content (AvgIpc) is 2.85. The zero-order chi connectivity index (χ0) is 25.8. The molecule has 1 N–H and O–H groups in total. The zero-order valence-electron chi connectivity index (χ0n) is 21.7. The molecule has 0 aliphatic rings. The van der Waals surface area contributed by atoms with Crippen molar-refractivity contribution in [3.63, 3.8) is 0 Å². The van der Waals surface area contributed by atoms with Crippen molar-refractivity contribution in [2.24, 2.45) is 5.92 Å². The fourth-order valence-electron chi connectivity index (χ4n) is 4.58. The molecule has 0 aliphatic carbocycles. The Hall–Kier alpha value is -3.93. The van der Waals surface area contributed by atoms with Crippen molar-refractivity contribution in [2.45, 2.75) is 47.1 Å². The highest BCUT2D eigenvalue weighted by atomic mass is 16.2. The molecule has 4 rings (SSSR count). The normalized spacial score (nSPS) is 12.1. The number of fused-ring (bicyclic) bond motifs is 1. The maximum absolute atomic E-state index is 13.8. The fraction of sp³-hybridized carbons (Fsp3) is 0.300. The minimum absolute atomic E-state index is 0.136. The van der Waals surface area contributed by atoms with Gasteiger partial charge in [-0.15, -0.1) is 0 Å². The van der Waals surface area contributed by atoms with Crippen LogP contribution >= 0.6 is 0 Å². The van der Waals surface area contributed by atoms with Crippen molar-refractivity contribution >= 4 is 22.6 Å². The number of urea groups is 1. The second-order valence-corrected chi connectivity index (χ2v) is 9.68. The molecule has 1 aromatic heterocycles. The number of aryl methyl sites for hydroxylation is 2. The van der Waals surface area contributed by atoms with Crippen LogP contribution in [-0.2, 0) is 0 Å². The molecular weight excluding hydrogens is 448 g/mol. The molecule has 4 aromatic rings.